The molecular formula is C16H18ClFN4O. The van der Waals surface area contributed by atoms with Crippen LogP contribution in [0, 0.1) is 0 Å². The number of carbonyl (C=O) groups excluding carboxylic acids is 1. The maximum Gasteiger partial charge on any atom is 0.261 e. The summed E-state index contributed by atoms with van der Waals surface area (Å²) in [6.07, 6.45) is 3.45. The van der Waals surface area contributed by atoms with Crippen LogP contribution >= 0.6 is 11.6 Å². The lowest BCUT2D eigenvalue weighted by Crippen LogP contribution is -2.66. The van der Waals surface area contributed by atoms with Gasteiger partial charge in [-0.05, 0) is 22.9 Å². The number of alkyl halides is 1. The van der Waals surface area contributed by atoms with Crippen molar-refractivity contribution < 1.29 is 9.18 Å². The van der Waals surface area contributed by atoms with Gasteiger partial charge in [-0.2, -0.15) is 0 Å². The van der Waals surface area contributed by atoms with Crippen molar-refractivity contribution in [3.63, 3.8) is 0 Å². The Labute approximate surface area is 138 Å². The largest absolute Gasteiger partial charge is 0.356 e. The van der Waals surface area contributed by atoms with Gasteiger partial charge in [-0.15, -0.1) is 0 Å². The van der Waals surface area contributed by atoms with E-state index in [9.17, 15) is 9.18 Å². The van der Waals surface area contributed by atoms with E-state index in [2.05, 4.69) is 29.1 Å². The number of hydrogen-bond donors (Lipinski definition) is 1. The molecule has 2 aromatic rings. The molecule has 0 bridgehead atoms. The minimum absolute atomic E-state index is 0.0155. The van der Waals surface area contributed by atoms with Crippen LogP contribution in [0.4, 0.5) is 10.2 Å². The van der Waals surface area contributed by atoms with Gasteiger partial charge < -0.3 is 10.2 Å². The first-order chi connectivity index (χ1) is 10.9. The van der Waals surface area contributed by atoms with Crippen LogP contribution in [-0.4, -0.2) is 41.7 Å². The number of amides is 1. The third kappa shape index (κ3) is 2.61. The van der Waals surface area contributed by atoms with Gasteiger partial charge in [-0.25, -0.2) is 14.4 Å². The lowest BCUT2D eigenvalue weighted by molar-refractivity contribution is -0.134. The zero-order valence-corrected chi connectivity index (χ0v) is 14.0. The summed E-state index contributed by atoms with van der Waals surface area (Å²) in [5.41, 5.74) is -0.800. The summed E-state index contributed by atoms with van der Waals surface area (Å²) >= 11 is 6.02. The summed E-state index contributed by atoms with van der Waals surface area (Å²) in [5.74, 6) is 0.309. The number of aromatic nitrogens is 2. The number of nitrogens with zero attached hydrogens (tertiary/aromatic N) is 3. The Kier molecular flexibility index (Phi) is 3.88. The van der Waals surface area contributed by atoms with E-state index in [4.69, 9.17) is 11.6 Å². The molecule has 1 N–H and O–H groups in total. The molecule has 0 spiro atoms. The Balaban J connectivity index is 2.01. The highest BCUT2D eigenvalue weighted by atomic mass is 35.5. The average molecular weight is 337 g/mol. The molecule has 122 valence electrons. The molecule has 1 aliphatic heterocycles. The van der Waals surface area contributed by atoms with E-state index in [1.54, 1.807) is 23.4 Å². The molecular weight excluding hydrogens is 319 g/mol. The van der Waals surface area contributed by atoms with Crippen molar-refractivity contribution in [1.82, 2.24) is 15.3 Å². The van der Waals surface area contributed by atoms with E-state index in [-0.39, 0.29) is 19.0 Å². The molecule has 1 aliphatic rings. The van der Waals surface area contributed by atoms with Crippen molar-refractivity contribution in [2.24, 2.45) is 0 Å². The highest BCUT2D eigenvalue weighted by Crippen LogP contribution is 2.36. The first-order valence-electron chi connectivity index (χ1n) is 7.46. The van der Waals surface area contributed by atoms with Crippen molar-refractivity contribution >= 4 is 34.1 Å². The summed E-state index contributed by atoms with van der Waals surface area (Å²) < 4.78 is 14.4. The van der Waals surface area contributed by atoms with Crippen molar-refractivity contribution in [3.8, 4) is 0 Å². The molecule has 3 rings (SSSR count). The lowest BCUT2D eigenvalue weighted by atomic mass is 9.93. The number of carbonyl (C=O) groups is 1. The lowest BCUT2D eigenvalue weighted by Gasteiger charge is -2.44. The molecule has 1 fully saturated rings. The van der Waals surface area contributed by atoms with Crippen LogP contribution in [0.15, 0.2) is 18.5 Å². The van der Waals surface area contributed by atoms with Crippen molar-refractivity contribution in [3.05, 3.63) is 29.2 Å². The van der Waals surface area contributed by atoms with Gasteiger partial charge in [0.2, 0.25) is 5.67 Å². The minimum atomic E-state index is -1.86. The maximum atomic E-state index is 14.4. The second-order valence-corrected chi connectivity index (χ2v) is 6.53. The van der Waals surface area contributed by atoms with Gasteiger partial charge in [0.05, 0.1) is 13.1 Å². The summed E-state index contributed by atoms with van der Waals surface area (Å²) in [6.45, 7) is 4.12. The second kappa shape index (κ2) is 5.60. The third-order valence-corrected chi connectivity index (χ3v) is 4.39. The van der Waals surface area contributed by atoms with E-state index < -0.39 is 11.6 Å². The smallest absolute Gasteiger partial charge is 0.261 e. The van der Waals surface area contributed by atoms with Crippen LogP contribution in [0.3, 0.4) is 0 Å². The van der Waals surface area contributed by atoms with Gasteiger partial charge in [0.15, 0.2) is 0 Å². The summed E-state index contributed by atoms with van der Waals surface area (Å²) in [4.78, 5) is 21.9. The highest BCUT2D eigenvalue weighted by Gasteiger charge is 2.50. The summed E-state index contributed by atoms with van der Waals surface area (Å²) in [6, 6.07) is 1.80. The first kappa shape index (κ1) is 15.9. The Morgan fingerprint density at radius 2 is 2.04 bits per heavy atom. The number of hydrogen-bond acceptors (Lipinski definition) is 4. The Morgan fingerprint density at radius 1 is 1.35 bits per heavy atom. The van der Waals surface area contributed by atoms with Gasteiger partial charge in [-0.3, -0.25) is 4.79 Å². The van der Waals surface area contributed by atoms with E-state index in [1.807, 2.05) is 0 Å². The fourth-order valence-electron chi connectivity index (χ4n) is 2.90. The van der Waals surface area contributed by atoms with Crippen molar-refractivity contribution in [1.29, 1.82) is 0 Å². The molecule has 2 aromatic heterocycles. The van der Waals surface area contributed by atoms with Gasteiger partial charge in [-0.1, -0.05) is 25.4 Å². The number of nitrogens with one attached hydrogen (secondary N) is 1. The number of anilines is 1. The molecule has 0 radical (unpaired) electrons. The third-order valence-electron chi connectivity index (χ3n) is 4.19. The first-order valence-corrected chi connectivity index (χ1v) is 7.83. The maximum absolute atomic E-state index is 14.4. The van der Waals surface area contributed by atoms with Crippen molar-refractivity contribution in [2.75, 3.05) is 25.0 Å². The Hall–Kier alpha value is -1.95. The van der Waals surface area contributed by atoms with E-state index in [0.29, 0.717) is 11.0 Å². The summed E-state index contributed by atoms with van der Waals surface area (Å²) in [5, 5.41) is 4.54. The topological polar surface area (TPSA) is 58.1 Å². The monoisotopic (exact) mass is 336 g/mol. The van der Waals surface area contributed by atoms with Crippen LogP contribution in [0.5, 0.6) is 0 Å². The molecule has 7 heteroatoms. The van der Waals surface area contributed by atoms with Gasteiger partial charge in [0.1, 0.15) is 11.0 Å². The zero-order valence-electron chi connectivity index (χ0n) is 13.2. The fraction of sp³-hybridized carbons (Fsp3) is 0.438. The molecule has 1 amide bonds. The minimum Gasteiger partial charge on any atom is -0.356 e. The van der Waals surface area contributed by atoms with Crippen LogP contribution in [0.1, 0.15) is 25.3 Å². The molecule has 0 unspecified atom stereocenters. The SMILES string of the molecule is CNC(=O)C1(F)CN(c2ncc(C(C)C)c3cc(Cl)ncc23)C1. The molecule has 0 aliphatic carbocycles. The standard InChI is InChI=1S/C16H18ClFN4O/c1-9(2)11-5-21-14(12-6-20-13(17)4-10(11)12)22-7-16(18,8-22)15(23)19-3/h4-6,9H,7-8H2,1-3H3,(H,19,23). The van der Waals surface area contributed by atoms with Crippen LogP contribution in [0.2, 0.25) is 5.15 Å². The molecule has 0 aromatic carbocycles. The molecule has 0 atom stereocenters. The summed E-state index contributed by atoms with van der Waals surface area (Å²) in [7, 11) is 1.43. The molecule has 5 nitrogen and oxygen atoms in total. The van der Waals surface area contributed by atoms with Crippen molar-refractivity contribution in [2.45, 2.75) is 25.4 Å². The van der Waals surface area contributed by atoms with Crippen LogP contribution in [0.25, 0.3) is 10.8 Å². The zero-order chi connectivity index (χ0) is 16.8. The normalized spacial score (nSPS) is 16.5. The van der Waals surface area contributed by atoms with Crippen LogP contribution < -0.4 is 10.2 Å². The second-order valence-electron chi connectivity index (χ2n) is 6.14. The Bertz CT molecular complexity index is 774. The van der Waals surface area contributed by atoms with Gasteiger partial charge in [0.25, 0.3) is 5.91 Å². The fourth-order valence-corrected chi connectivity index (χ4v) is 3.06. The van der Waals surface area contributed by atoms with Crippen LogP contribution in [-0.2, 0) is 4.79 Å². The van der Waals surface area contributed by atoms with E-state index >= 15 is 0 Å². The van der Waals surface area contributed by atoms with E-state index in [1.165, 1.54) is 7.05 Å². The quantitative estimate of drug-likeness (QED) is 0.875. The number of rotatable bonds is 3. The molecule has 3 heterocycles. The van der Waals surface area contributed by atoms with Gasteiger partial charge >= 0.3 is 0 Å². The molecule has 23 heavy (non-hydrogen) atoms. The molecule has 0 saturated carbocycles. The highest BCUT2D eigenvalue weighted by molar-refractivity contribution is 6.30. The van der Waals surface area contributed by atoms with Gasteiger partial charge in [0, 0.05) is 24.8 Å². The number of fused-ring (bicyclic) bond motifs is 1. The Morgan fingerprint density at radius 3 is 2.65 bits per heavy atom. The average Bonchev–Trinajstić information content (AvgIpc) is 2.49. The van der Waals surface area contributed by atoms with E-state index in [0.717, 1.165) is 16.3 Å². The predicted octanol–water partition coefficient (Wildman–Crippen LogP) is 2.68. The molecule has 1 saturated heterocycles. The number of pyridine rings is 2. The number of halogens is 2. The predicted molar refractivity (Wildman–Crippen MR) is 88.8 cm³/mol.